The van der Waals surface area contributed by atoms with Gasteiger partial charge in [0.1, 0.15) is 12.7 Å². The monoisotopic (exact) mass is 587 g/mol. The minimum Gasteiger partial charge on any atom is -1.00 e. The van der Waals surface area contributed by atoms with Crippen LogP contribution in [0.2, 0.25) is 0 Å². The number of hydrogen-bond acceptors (Lipinski definition) is 5. The Kier molecular flexibility index (Phi) is 27.0. The predicted molar refractivity (Wildman–Crippen MR) is 145 cm³/mol. The van der Waals surface area contributed by atoms with Crippen LogP contribution in [0.5, 0.6) is 0 Å². The van der Waals surface area contributed by atoms with Crippen LogP contribution in [0.15, 0.2) is 30.6 Å². The minimum atomic E-state index is -0.675. The number of aromatic nitrogens is 1. The highest BCUT2D eigenvalue weighted by Gasteiger charge is 2.13. The van der Waals surface area contributed by atoms with Crippen molar-refractivity contribution < 1.29 is 45.3 Å². The number of ether oxygens (including phenoxy) is 4. The maximum atomic E-state index is 11.7. The Morgan fingerprint density at radius 2 is 1.19 bits per heavy atom. The van der Waals surface area contributed by atoms with Crippen LogP contribution < -0.4 is 21.5 Å². The molecule has 0 bridgehead atoms. The zero-order chi connectivity index (χ0) is 25.9. The normalized spacial score (nSPS) is 11.6. The Balaban J connectivity index is 0.0000130. The molecule has 1 atom stereocenters. The zero-order valence-corrected chi connectivity index (χ0v) is 25.3. The van der Waals surface area contributed by atoms with Gasteiger partial charge in [-0.2, -0.15) is 0 Å². The number of rotatable bonds is 25. The molecule has 6 nitrogen and oxygen atoms in total. The van der Waals surface area contributed by atoms with Gasteiger partial charge in [0.05, 0.1) is 6.61 Å². The SMILES string of the molecule is CCCCCCCCCCCCCCCCCCOC[C@@H](COC(=O)OCC[n+]1ccccc1)OC.[Br-]. The summed E-state index contributed by atoms with van der Waals surface area (Å²) in [6, 6.07) is 5.81. The smallest absolute Gasteiger partial charge is 0.508 e. The summed E-state index contributed by atoms with van der Waals surface area (Å²) >= 11 is 0. The summed E-state index contributed by atoms with van der Waals surface area (Å²) in [5, 5.41) is 0. The summed E-state index contributed by atoms with van der Waals surface area (Å²) in [7, 11) is 1.60. The van der Waals surface area contributed by atoms with E-state index in [1.165, 1.54) is 96.3 Å². The van der Waals surface area contributed by atoms with E-state index in [9.17, 15) is 4.79 Å². The van der Waals surface area contributed by atoms with Crippen molar-refractivity contribution in [2.45, 2.75) is 122 Å². The molecule has 1 aromatic heterocycles. The molecule has 7 heteroatoms. The third-order valence-corrected chi connectivity index (χ3v) is 6.51. The topological polar surface area (TPSA) is 57.9 Å². The third kappa shape index (κ3) is 23.7. The second-order valence-electron chi connectivity index (χ2n) is 9.76. The average molecular weight is 589 g/mol. The van der Waals surface area contributed by atoms with Gasteiger partial charge in [-0.25, -0.2) is 9.36 Å². The van der Waals surface area contributed by atoms with Crippen LogP contribution in [-0.4, -0.2) is 45.8 Å². The number of nitrogens with zero attached hydrogens (tertiary/aromatic N) is 1. The Morgan fingerprint density at radius 1 is 0.676 bits per heavy atom. The Bertz CT molecular complexity index is 605. The van der Waals surface area contributed by atoms with Gasteiger partial charge in [-0.05, 0) is 6.42 Å². The zero-order valence-electron chi connectivity index (χ0n) is 23.7. The van der Waals surface area contributed by atoms with Gasteiger partial charge >= 0.3 is 6.16 Å². The van der Waals surface area contributed by atoms with Crippen molar-refractivity contribution in [2.75, 3.05) is 33.5 Å². The van der Waals surface area contributed by atoms with E-state index in [0.717, 1.165) is 13.0 Å². The van der Waals surface area contributed by atoms with Gasteiger partial charge in [-0.3, -0.25) is 0 Å². The van der Waals surface area contributed by atoms with Crippen molar-refractivity contribution in [3.63, 3.8) is 0 Å². The summed E-state index contributed by atoms with van der Waals surface area (Å²) in [4.78, 5) is 11.7. The predicted octanol–water partition coefficient (Wildman–Crippen LogP) is 4.42. The standard InChI is InChI=1S/C30H54NO5.BrH/c1-3-4-5-6-7-8-9-10-11-12-13-14-15-16-17-21-25-34-27-29(33-2)28-36-30(32)35-26-24-31-22-19-18-20-23-31;/h18-20,22-23,29H,3-17,21,24-28H2,1-2H3;1H/q+1;/p-1/t29-;/m0./s1. The molecular weight excluding hydrogens is 534 g/mol. The molecule has 0 fully saturated rings. The first-order chi connectivity index (χ1) is 17.8. The van der Waals surface area contributed by atoms with Crippen molar-refractivity contribution in [3.05, 3.63) is 30.6 Å². The fourth-order valence-electron chi connectivity index (χ4n) is 4.17. The highest BCUT2D eigenvalue weighted by atomic mass is 79.9. The molecule has 1 aromatic rings. The van der Waals surface area contributed by atoms with Crippen LogP contribution >= 0.6 is 0 Å². The average Bonchev–Trinajstić information content (AvgIpc) is 2.90. The molecular formula is C30H54BrNO5. The van der Waals surface area contributed by atoms with Gasteiger partial charge in [-0.15, -0.1) is 0 Å². The van der Waals surface area contributed by atoms with E-state index in [4.69, 9.17) is 18.9 Å². The number of carbonyl (C=O) groups excluding carboxylic acids is 1. The summed E-state index contributed by atoms with van der Waals surface area (Å²) in [5.41, 5.74) is 0. The lowest BCUT2D eigenvalue weighted by Gasteiger charge is -2.15. The molecule has 37 heavy (non-hydrogen) atoms. The highest BCUT2D eigenvalue weighted by Crippen LogP contribution is 2.13. The number of halogens is 1. The molecule has 0 aliphatic heterocycles. The van der Waals surface area contributed by atoms with E-state index in [2.05, 4.69) is 6.92 Å². The number of unbranched alkanes of at least 4 members (excludes halogenated alkanes) is 15. The van der Waals surface area contributed by atoms with Crippen LogP contribution in [-0.2, 0) is 25.5 Å². The first-order valence-corrected chi connectivity index (χ1v) is 14.6. The fraction of sp³-hybridized carbons (Fsp3) is 0.800. The van der Waals surface area contributed by atoms with Crippen LogP contribution in [0, 0.1) is 0 Å². The number of methoxy groups -OCH3 is 1. The Hall–Kier alpha value is -1.18. The van der Waals surface area contributed by atoms with E-state index in [1.54, 1.807) is 7.11 Å². The molecule has 0 aliphatic carbocycles. The molecule has 0 saturated heterocycles. The highest BCUT2D eigenvalue weighted by molar-refractivity contribution is 5.59. The molecule has 0 N–H and O–H groups in total. The summed E-state index contributed by atoms with van der Waals surface area (Å²) in [6.07, 6.45) is 24.7. The minimum absolute atomic E-state index is 0. The van der Waals surface area contributed by atoms with E-state index in [0.29, 0.717) is 13.2 Å². The lowest BCUT2D eigenvalue weighted by molar-refractivity contribution is -0.698. The molecule has 0 spiro atoms. The van der Waals surface area contributed by atoms with Crippen LogP contribution in [0.1, 0.15) is 110 Å². The molecule has 1 rings (SSSR count). The Morgan fingerprint density at radius 3 is 1.70 bits per heavy atom. The molecule has 0 radical (unpaired) electrons. The van der Waals surface area contributed by atoms with E-state index < -0.39 is 6.16 Å². The second kappa shape index (κ2) is 27.8. The molecule has 1 heterocycles. The quantitative estimate of drug-likeness (QED) is 0.0962. The lowest BCUT2D eigenvalue weighted by atomic mass is 10.0. The number of hydrogen-bond donors (Lipinski definition) is 0. The summed E-state index contributed by atoms with van der Waals surface area (Å²) < 4.78 is 23.3. The van der Waals surface area contributed by atoms with E-state index in [-0.39, 0.29) is 36.3 Å². The molecule has 0 unspecified atom stereocenters. The van der Waals surface area contributed by atoms with Gasteiger partial charge in [0.2, 0.25) is 0 Å². The van der Waals surface area contributed by atoms with Crippen molar-refractivity contribution in [1.82, 2.24) is 0 Å². The largest absolute Gasteiger partial charge is 1.00 e. The number of carbonyl (C=O) groups is 1. The van der Waals surface area contributed by atoms with Gasteiger partial charge in [0.25, 0.3) is 0 Å². The maximum absolute atomic E-state index is 11.7. The van der Waals surface area contributed by atoms with Crippen LogP contribution in [0.3, 0.4) is 0 Å². The summed E-state index contributed by atoms with van der Waals surface area (Å²) in [5.74, 6) is 0. The van der Waals surface area contributed by atoms with E-state index in [1.807, 2.05) is 35.2 Å². The van der Waals surface area contributed by atoms with Crippen LogP contribution in [0.4, 0.5) is 4.79 Å². The van der Waals surface area contributed by atoms with Crippen LogP contribution in [0.25, 0.3) is 0 Å². The van der Waals surface area contributed by atoms with Crippen molar-refractivity contribution in [3.8, 4) is 0 Å². The first kappa shape index (κ1) is 35.8. The molecule has 216 valence electrons. The van der Waals surface area contributed by atoms with E-state index >= 15 is 0 Å². The Labute approximate surface area is 237 Å². The van der Waals surface area contributed by atoms with Gasteiger partial charge in [0.15, 0.2) is 25.5 Å². The van der Waals surface area contributed by atoms with Gasteiger partial charge in [-0.1, -0.05) is 109 Å². The molecule has 0 aliphatic rings. The first-order valence-electron chi connectivity index (χ1n) is 14.6. The summed E-state index contributed by atoms with van der Waals surface area (Å²) in [6.45, 7) is 4.40. The molecule has 0 aromatic carbocycles. The van der Waals surface area contributed by atoms with Crippen molar-refractivity contribution in [1.29, 1.82) is 0 Å². The lowest BCUT2D eigenvalue weighted by Crippen LogP contribution is -3.00. The fourth-order valence-corrected chi connectivity index (χ4v) is 4.17. The molecule has 0 amide bonds. The van der Waals surface area contributed by atoms with Gasteiger partial charge < -0.3 is 35.9 Å². The second-order valence-corrected chi connectivity index (χ2v) is 9.76. The van der Waals surface area contributed by atoms with Gasteiger partial charge in [0, 0.05) is 25.8 Å². The van der Waals surface area contributed by atoms with Crippen molar-refractivity contribution in [2.24, 2.45) is 0 Å². The molecule has 0 saturated carbocycles. The van der Waals surface area contributed by atoms with Crippen molar-refractivity contribution >= 4 is 6.16 Å². The maximum Gasteiger partial charge on any atom is 0.508 e. The number of pyridine rings is 1. The third-order valence-electron chi connectivity index (χ3n) is 6.51.